The predicted octanol–water partition coefficient (Wildman–Crippen LogP) is 4.15. The van der Waals surface area contributed by atoms with Gasteiger partial charge in [-0.2, -0.15) is 18.3 Å². The smallest absolute Gasteiger partial charge is 0.434 e. The molecule has 202 valence electrons. The summed E-state index contributed by atoms with van der Waals surface area (Å²) in [4.78, 5) is 33.4. The summed E-state index contributed by atoms with van der Waals surface area (Å²) >= 11 is 0. The first-order chi connectivity index (χ1) is 18.6. The molecule has 0 atom stereocenters. The first-order valence-electron chi connectivity index (χ1n) is 12.2. The van der Waals surface area contributed by atoms with Gasteiger partial charge >= 0.3 is 12.2 Å². The summed E-state index contributed by atoms with van der Waals surface area (Å²) in [7, 11) is 6.45. The summed E-state index contributed by atoms with van der Waals surface area (Å²) in [5.74, 6) is 1.79. The van der Waals surface area contributed by atoms with Gasteiger partial charge in [-0.15, -0.1) is 0 Å². The maximum Gasteiger partial charge on any atom is 0.434 e. The third-order valence-electron chi connectivity index (χ3n) is 6.95. The molecule has 14 heteroatoms. The number of imidazole rings is 1. The van der Waals surface area contributed by atoms with E-state index in [4.69, 9.17) is 9.84 Å². The molecule has 0 saturated heterocycles. The predicted molar refractivity (Wildman–Crippen MR) is 134 cm³/mol. The second kappa shape index (κ2) is 8.78. The zero-order valence-electron chi connectivity index (χ0n) is 21.6. The molecule has 0 aromatic carbocycles. The molecule has 39 heavy (non-hydrogen) atoms. The molecule has 0 N–H and O–H groups in total. The van der Waals surface area contributed by atoms with Crippen molar-refractivity contribution in [2.24, 2.45) is 14.1 Å². The standard InChI is InChI=1S/C25H24F3N9O2/c1-34-11-16(25(26,27)28)32-21(34)14-7-8-17(29-9-14)37-10-15-20(33-36(3)23(15)35(2)24(37)38)18-19(13-5-6-13)30-12-31-22(18)39-4/h7-9,11-13H,5-6,10H2,1-4H3. The van der Waals surface area contributed by atoms with E-state index in [2.05, 4.69) is 19.9 Å². The number of hydrogen-bond acceptors (Lipinski definition) is 7. The monoisotopic (exact) mass is 539 g/mol. The highest BCUT2D eigenvalue weighted by atomic mass is 19.4. The third kappa shape index (κ3) is 4.06. The molecular weight excluding hydrogens is 515 g/mol. The molecule has 1 aliphatic carbocycles. The Hall–Kier alpha value is -4.49. The van der Waals surface area contributed by atoms with Crippen molar-refractivity contribution in [2.45, 2.75) is 31.5 Å². The van der Waals surface area contributed by atoms with Crippen LogP contribution >= 0.6 is 0 Å². The summed E-state index contributed by atoms with van der Waals surface area (Å²) in [5.41, 5.74) is 2.38. The second-order valence-electron chi connectivity index (χ2n) is 9.58. The van der Waals surface area contributed by atoms with Crippen LogP contribution in [0, 0.1) is 0 Å². The van der Waals surface area contributed by atoms with Crippen molar-refractivity contribution < 1.29 is 22.7 Å². The summed E-state index contributed by atoms with van der Waals surface area (Å²) in [5, 5.41) is 4.75. The summed E-state index contributed by atoms with van der Waals surface area (Å²) in [6.07, 6.45) is 1.30. The van der Waals surface area contributed by atoms with Crippen molar-refractivity contribution in [2.75, 3.05) is 24.0 Å². The zero-order valence-corrected chi connectivity index (χ0v) is 21.6. The van der Waals surface area contributed by atoms with E-state index in [-0.39, 0.29) is 18.4 Å². The van der Waals surface area contributed by atoms with Gasteiger partial charge in [0, 0.05) is 50.6 Å². The number of aryl methyl sites for hydroxylation is 2. The van der Waals surface area contributed by atoms with Gasteiger partial charge in [0.2, 0.25) is 5.88 Å². The van der Waals surface area contributed by atoms with Crippen molar-refractivity contribution in [3.8, 4) is 28.5 Å². The molecule has 1 saturated carbocycles. The van der Waals surface area contributed by atoms with Crippen LogP contribution in [0.5, 0.6) is 5.88 Å². The summed E-state index contributed by atoms with van der Waals surface area (Å²) < 4.78 is 47.9. The number of rotatable bonds is 5. The van der Waals surface area contributed by atoms with Crippen LogP contribution in [-0.4, -0.2) is 54.5 Å². The topological polar surface area (TPSA) is 107 Å². The molecule has 1 aliphatic heterocycles. The molecule has 6 rings (SSSR count). The molecule has 0 radical (unpaired) electrons. The number of hydrogen-bond donors (Lipinski definition) is 0. The Bertz CT molecular complexity index is 1590. The summed E-state index contributed by atoms with van der Waals surface area (Å²) in [6, 6.07) is 2.86. The lowest BCUT2D eigenvalue weighted by Gasteiger charge is -2.33. The second-order valence-corrected chi connectivity index (χ2v) is 9.58. The minimum absolute atomic E-state index is 0.115. The van der Waals surface area contributed by atoms with E-state index < -0.39 is 11.9 Å². The van der Waals surface area contributed by atoms with Gasteiger partial charge in [0.1, 0.15) is 29.5 Å². The Morgan fingerprint density at radius 3 is 2.46 bits per heavy atom. The number of anilines is 2. The van der Waals surface area contributed by atoms with Gasteiger partial charge in [-0.3, -0.25) is 14.5 Å². The fourth-order valence-electron chi connectivity index (χ4n) is 4.98. The number of halogens is 3. The third-order valence-corrected chi connectivity index (χ3v) is 6.95. The van der Waals surface area contributed by atoms with Crippen LogP contribution < -0.4 is 14.5 Å². The van der Waals surface area contributed by atoms with E-state index in [1.165, 1.54) is 33.9 Å². The molecule has 5 heterocycles. The first-order valence-corrected chi connectivity index (χ1v) is 12.2. The van der Waals surface area contributed by atoms with E-state index in [1.807, 2.05) is 0 Å². The SMILES string of the molecule is COc1ncnc(C2CC2)c1-c1nn(C)c2c1CN(c1ccc(-c3nc(C(F)(F)F)cn3C)cn1)C(=O)N2C. The quantitative estimate of drug-likeness (QED) is 0.375. The van der Waals surface area contributed by atoms with Crippen molar-refractivity contribution in [3.63, 3.8) is 0 Å². The van der Waals surface area contributed by atoms with Crippen LogP contribution in [-0.2, 0) is 26.8 Å². The molecule has 4 aromatic rings. The average molecular weight is 540 g/mol. The Balaban J connectivity index is 1.39. The van der Waals surface area contributed by atoms with Gasteiger partial charge in [0.25, 0.3) is 0 Å². The Labute approximate surface area is 220 Å². The number of nitrogens with zero attached hydrogens (tertiary/aromatic N) is 9. The Kier molecular flexibility index (Phi) is 5.59. The lowest BCUT2D eigenvalue weighted by atomic mass is 10.0. The first kappa shape index (κ1) is 24.8. The molecule has 11 nitrogen and oxygen atoms in total. The van der Waals surface area contributed by atoms with Crippen LogP contribution in [0.4, 0.5) is 29.6 Å². The van der Waals surface area contributed by atoms with Gasteiger partial charge in [0.05, 0.1) is 24.9 Å². The number of pyridine rings is 1. The van der Waals surface area contributed by atoms with Crippen LogP contribution in [0.25, 0.3) is 22.6 Å². The van der Waals surface area contributed by atoms with Gasteiger partial charge in [-0.1, -0.05) is 0 Å². The number of urea groups is 1. The van der Waals surface area contributed by atoms with Gasteiger partial charge in [0.15, 0.2) is 5.69 Å². The number of fused-ring (bicyclic) bond motifs is 1. The molecule has 0 unspecified atom stereocenters. The van der Waals surface area contributed by atoms with Crippen molar-refractivity contribution in [1.82, 2.24) is 34.3 Å². The molecule has 2 amide bonds. The highest BCUT2D eigenvalue weighted by molar-refractivity contribution is 6.05. The number of aromatic nitrogens is 7. The molecule has 1 fully saturated rings. The number of carbonyl (C=O) groups excluding carboxylic acids is 1. The lowest BCUT2D eigenvalue weighted by Crippen LogP contribution is -2.46. The molecule has 4 aromatic heterocycles. The van der Waals surface area contributed by atoms with Crippen LogP contribution in [0.15, 0.2) is 30.9 Å². The fraction of sp³-hybridized carbons (Fsp3) is 0.360. The van der Waals surface area contributed by atoms with Crippen molar-refractivity contribution >= 4 is 17.7 Å². The van der Waals surface area contributed by atoms with E-state index in [9.17, 15) is 18.0 Å². The van der Waals surface area contributed by atoms with Crippen molar-refractivity contribution in [1.29, 1.82) is 0 Å². The molecular formula is C25H24F3N9O2. The highest BCUT2D eigenvalue weighted by Crippen LogP contribution is 2.47. The van der Waals surface area contributed by atoms with E-state index in [0.29, 0.717) is 40.3 Å². The zero-order chi connectivity index (χ0) is 27.6. The number of carbonyl (C=O) groups is 1. The Morgan fingerprint density at radius 1 is 1.08 bits per heavy atom. The number of ether oxygens (including phenoxy) is 1. The molecule has 0 bridgehead atoms. The number of methoxy groups -OCH3 is 1. The highest BCUT2D eigenvalue weighted by Gasteiger charge is 2.39. The Morgan fingerprint density at radius 2 is 1.85 bits per heavy atom. The van der Waals surface area contributed by atoms with Gasteiger partial charge in [-0.05, 0) is 25.0 Å². The van der Waals surface area contributed by atoms with E-state index in [0.717, 1.165) is 30.3 Å². The molecule has 0 spiro atoms. The maximum absolute atomic E-state index is 13.4. The van der Waals surface area contributed by atoms with Crippen LogP contribution in [0.3, 0.4) is 0 Å². The van der Waals surface area contributed by atoms with Gasteiger partial charge < -0.3 is 9.30 Å². The van der Waals surface area contributed by atoms with Crippen LogP contribution in [0.1, 0.15) is 35.7 Å². The van der Waals surface area contributed by atoms with Gasteiger partial charge in [-0.25, -0.2) is 24.7 Å². The summed E-state index contributed by atoms with van der Waals surface area (Å²) in [6.45, 7) is 0.164. The fourth-order valence-corrected chi connectivity index (χ4v) is 4.98. The minimum atomic E-state index is -4.56. The van der Waals surface area contributed by atoms with E-state index >= 15 is 0 Å². The van der Waals surface area contributed by atoms with Crippen LogP contribution in [0.2, 0.25) is 0 Å². The van der Waals surface area contributed by atoms with Crippen molar-refractivity contribution in [3.05, 3.63) is 47.8 Å². The average Bonchev–Trinajstić information content (AvgIpc) is 3.60. The largest absolute Gasteiger partial charge is 0.480 e. The number of amides is 2. The normalized spacial score (nSPS) is 15.6. The maximum atomic E-state index is 13.4. The van der Waals surface area contributed by atoms with E-state index in [1.54, 1.807) is 38.0 Å². The molecule has 2 aliphatic rings. The number of alkyl halides is 3. The minimum Gasteiger partial charge on any atom is -0.480 e. The lowest BCUT2D eigenvalue weighted by molar-refractivity contribution is -0.140.